The molecule has 0 aliphatic carbocycles. The average molecular weight is 368 g/mol. The number of rotatable bonds is 7. The normalized spacial score (nSPS) is 10.3. The molecule has 10 nitrogen and oxygen atoms in total. The molecule has 11 heteroatoms. The zero-order valence-corrected chi connectivity index (χ0v) is 13.9. The molecule has 0 fully saturated rings. The Morgan fingerprint density at radius 2 is 2.04 bits per heavy atom. The maximum absolute atomic E-state index is 12.4. The molecule has 0 aliphatic rings. The first-order valence-electron chi connectivity index (χ1n) is 7.02. The first-order valence-corrected chi connectivity index (χ1v) is 7.39. The molecule has 1 heterocycles. The van der Waals surface area contributed by atoms with Crippen molar-refractivity contribution in [1.82, 2.24) is 19.7 Å². The number of carbonyl (C=O) groups is 2. The first kappa shape index (κ1) is 18.3. The van der Waals surface area contributed by atoms with Gasteiger partial charge in [-0.15, -0.1) is 0 Å². The second-order valence-corrected chi connectivity index (χ2v) is 5.39. The minimum atomic E-state index is -0.763. The minimum absolute atomic E-state index is 0.141. The van der Waals surface area contributed by atoms with Crippen molar-refractivity contribution in [3.63, 3.8) is 0 Å². The van der Waals surface area contributed by atoms with Crippen LogP contribution >= 0.6 is 11.6 Å². The Morgan fingerprint density at radius 3 is 2.60 bits per heavy atom. The van der Waals surface area contributed by atoms with Gasteiger partial charge in [0.05, 0.1) is 7.11 Å². The van der Waals surface area contributed by atoms with Crippen LogP contribution in [0, 0.1) is 10.1 Å². The third-order valence-electron chi connectivity index (χ3n) is 3.17. The summed E-state index contributed by atoms with van der Waals surface area (Å²) < 4.78 is 5.63. The van der Waals surface area contributed by atoms with E-state index in [0.29, 0.717) is 5.02 Å². The van der Waals surface area contributed by atoms with Gasteiger partial charge in [-0.05, 0) is 22.6 Å². The fourth-order valence-corrected chi connectivity index (χ4v) is 2.07. The van der Waals surface area contributed by atoms with E-state index in [1.807, 2.05) is 0 Å². The number of hydrogen-bond acceptors (Lipinski definition) is 7. The number of benzene rings is 1. The third kappa shape index (κ3) is 5.24. The molecule has 1 amide bonds. The van der Waals surface area contributed by atoms with E-state index >= 15 is 0 Å². The molecule has 132 valence electrons. The molecule has 1 aromatic carbocycles. The summed E-state index contributed by atoms with van der Waals surface area (Å²) in [5, 5.41) is 14.7. The average Bonchev–Trinajstić information content (AvgIpc) is 3.04. The SMILES string of the molecule is COC(=O)CN(Cc1ccc(Cl)cc1)C(=O)Cn1cnc([N+](=O)[O-])n1. The number of ether oxygens (including phenoxy) is 1. The van der Waals surface area contributed by atoms with Gasteiger partial charge in [0.2, 0.25) is 12.2 Å². The van der Waals surface area contributed by atoms with Crippen LogP contribution in [0.4, 0.5) is 5.95 Å². The van der Waals surface area contributed by atoms with Gasteiger partial charge in [0.25, 0.3) is 0 Å². The highest BCUT2D eigenvalue weighted by Crippen LogP contribution is 2.12. The molecule has 2 rings (SSSR count). The Hall–Kier alpha value is -3.01. The molecule has 0 unspecified atom stereocenters. The van der Waals surface area contributed by atoms with Gasteiger partial charge >= 0.3 is 11.9 Å². The van der Waals surface area contributed by atoms with Crippen LogP contribution in [0.15, 0.2) is 30.6 Å². The predicted molar refractivity (Wildman–Crippen MR) is 85.6 cm³/mol. The molecule has 25 heavy (non-hydrogen) atoms. The lowest BCUT2D eigenvalue weighted by Gasteiger charge is -2.21. The fourth-order valence-electron chi connectivity index (χ4n) is 1.95. The molecule has 0 aliphatic heterocycles. The van der Waals surface area contributed by atoms with E-state index in [-0.39, 0.29) is 19.6 Å². The van der Waals surface area contributed by atoms with Crippen LogP contribution in [0.1, 0.15) is 5.56 Å². The summed E-state index contributed by atoms with van der Waals surface area (Å²) in [6.45, 7) is -0.429. The van der Waals surface area contributed by atoms with Crippen molar-refractivity contribution in [2.24, 2.45) is 0 Å². The highest BCUT2D eigenvalue weighted by Gasteiger charge is 2.21. The Balaban J connectivity index is 2.12. The highest BCUT2D eigenvalue weighted by molar-refractivity contribution is 6.30. The smallest absolute Gasteiger partial charge is 0.468 e. The Morgan fingerprint density at radius 1 is 1.36 bits per heavy atom. The molecule has 0 spiro atoms. The van der Waals surface area contributed by atoms with Crippen molar-refractivity contribution in [1.29, 1.82) is 0 Å². The second kappa shape index (κ2) is 8.20. The number of esters is 1. The van der Waals surface area contributed by atoms with Crippen molar-refractivity contribution >= 4 is 29.4 Å². The van der Waals surface area contributed by atoms with Crippen LogP contribution < -0.4 is 0 Å². The lowest BCUT2D eigenvalue weighted by Crippen LogP contribution is -2.38. The van der Waals surface area contributed by atoms with Gasteiger partial charge < -0.3 is 19.8 Å². The summed E-state index contributed by atoms with van der Waals surface area (Å²) in [4.78, 5) is 38.6. The summed E-state index contributed by atoms with van der Waals surface area (Å²) in [5.74, 6) is -1.67. The maximum Gasteiger partial charge on any atom is 0.490 e. The molecule has 0 saturated carbocycles. The fraction of sp³-hybridized carbons (Fsp3) is 0.286. The Labute approximate surface area is 147 Å². The van der Waals surface area contributed by atoms with Crippen molar-refractivity contribution in [2.45, 2.75) is 13.1 Å². The summed E-state index contributed by atoms with van der Waals surface area (Å²) in [6.07, 6.45) is 1.08. The number of amides is 1. The van der Waals surface area contributed by atoms with Gasteiger partial charge in [-0.3, -0.25) is 9.59 Å². The molecule has 0 atom stereocenters. The zero-order valence-electron chi connectivity index (χ0n) is 13.2. The number of nitrogens with zero attached hydrogens (tertiary/aromatic N) is 5. The topological polar surface area (TPSA) is 120 Å². The van der Waals surface area contributed by atoms with Crippen molar-refractivity contribution in [3.05, 3.63) is 51.3 Å². The minimum Gasteiger partial charge on any atom is -0.468 e. The second-order valence-electron chi connectivity index (χ2n) is 4.95. The molecule has 2 aromatic rings. The largest absolute Gasteiger partial charge is 0.490 e. The Kier molecular flexibility index (Phi) is 6.01. The highest BCUT2D eigenvalue weighted by atomic mass is 35.5. The Bertz CT molecular complexity index is 776. The third-order valence-corrected chi connectivity index (χ3v) is 3.42. The van der Waals surface area contributed by atoms with E-state index in [1.165, 1.54) is 12.0 Å². The van der Waals surface area contributed by atoms with Crippen LogP contribution in [0.3, 0.4) is 0 Å². The van der Waals surface area contributed by atoms with E-state index in [4.69, 9.17) is 11.6 Å². The van der Waals surface area contributed by atoms with E-state index in [2.05, 4.69) is 14.8 Å². The predicted octanol–water partition coefficient (Wildman–Crippen LogP) is 1.04. The summed E-state index contributed by atoms with van der Waals surface area (Å²) >= 11 is 5.82. The first-order chi connectivity index (χ1) is 11.9. The molecule has 1 aromatic heterocycles. The van der Waals surface area contributed by atoms with E-state index in [1.54, 1.807) is 24.3 Å². The number of hydrogen-bond donors (Lipinski definition) is 0. The number of carbonyl (C=O) groups excluding carboxylic acids is 2. The van der Waals surface area contributed by atoms with Gasteiger partial charge in [-0.1, -0.05) is 28.7 Å². The van der Waals surface area contributed by atoms with Crippen LogP contribution in [0.5, 0.6) is 0 Å². The molecule has 0 radical (unpaired) electrons. The molecular weight excluding hydrogens is 354 g/mol. The van der Waals surface area contributed by atoms with Gasteiger partial charge in [-0.2, -0.15) is 4.68 Å². The van der Waals surface area contributed by atoms with Gasteiger partial charge in [0, 0.05) is 16.7 Å². The molecule has 0 saturated heterocycles. The van der Waals surface area contributed by atoms with Crippen molar-refractivity contribution in [2.75, 3.05) is 13.7 Å². The van der Waals surface area contributed by atoms with Crippen molar-refractivity contribution < 1.29 is 19.2 Å². The van der Waals surface area contributed by atoms with Crippen LogP contribution in [-0.2, 0) is 27.4 Å². The number of halogens is 1. The van der Waals surface area contributed by atoms with Crippen LogP contribution in [-0.4, -0.2) is 50.1 Å². The molecule has 0 N–H and O–H groups in total. The van der Waals surface area contributed by atoms with E-state index in [9.17, 15) is 19.7 Å². The molecule has 0 bridgehead atoms. The lowest BCUT2D eigenvalue weighted by atomic mass is 10.2. The monoisotopic (exact) mass is 367 g/mol. The zero-order chi connectivity index (χ0) is 18.4. The van der Waals surface area contributed by atoms with Crippen LogP contribution in [0.25, 0.3) is 0 Å². The van der Waals surface area contributed by atoms with Gasteiger partial charge in [0.1, 0.15) is 13.1 Å². The maximum atomic E-state index is 12.4. The van der Waals surface area contributed by atoms with Crippen molar-refractivity contribution in [3.8, 4) is 0 Å². The van der Waals surface area contributed by atoms with Crippen LogP contribution in [0.2, 0.25) is 5.02 Å². The van der Waals surface area contributed by atoms with Gasteiger partial charge in [-0.25, -0.2) is 0 Å². The summed E-state index contributed by atoms with van der Waals surface area (Å²) in [7, 11) is 1.22. The van der Waals surface area contributed by atoms with E-state index < -0.39 is 22.7 Å². The number of methoxy groups -OCH3 is 1. The standard InChI is InChI=1S/C14H14ClN5O5/c1-25-13(22)8-18(6-10-2-4-11(15)5-3-10)12(21)7-19-9-16-14(17-19)20(23)24/h2-5,9H,6-8H2,1H3. The molecular formula is C14H14ClN5O5. The lowest BCUT2D eigenvalue weighted by molar-refractivity contribution is -0.394. The quantitative estimate of drug-likeness (QED) is 0.407. The summed E-state index contributed by atoms with van der Waals surface area (Å²) in [5.41, 5.74) is 0.756. The summed E-state index contributed by atoms with van der Waals surface area (Å²) in [6, 6.07) is 6.78. The van der Waals surface area contributed by atoms with E-state index in [0.717, 1.165) is 16.6 Å². The number of nitro groups is 1. The van der Waals surface area contributed by atoms with Gasteiger partial charge in [0.15, 0.2) is 0 Å². The number of aromatic nitrogens is 3.